The lowest BCUT2D eigenvalue weighted by Gasteiger charge is -2.21. The molecule has 3 rings (SSSR count). The van der Waals surface area contributed by atoms with E-state index in [-0.39, 0.29) is 23.8 Å². The molecule has 9 heteroatoms. The van der Waals surface area contributed by atoms with Gasteiger partial charge in [0.05, 0.1) is 11.4 Å². The normalized spacial score (nSPS) is 12.4. The number of rotatable bonds is 9. The van der Waals surface area contributed by atoms with Crippen LogP contribution in [0.2, 0.25) is 0 Å². The Kier molecular flexibility index (Phi) is 7.95. The molecule has 1 atom stereocenters. The lowest BCUT2D eigenvalue weighted by atomic mass is 10.0. The first kappa shape index (κ1) is 24.3. The third-order valence-corrected chi connectivity index (χ3v) is 6.95. The maximum Gasteiger partial charge on any atom is 0.236 e. The van der Waals surface area contributed by atoms with Gasteiger partial charge in [-0.15, -0.1) is 21.5 Å². The van der Waals surface area contributed by atoms with E-state index in [1.807, 2.05) is 43.5 Å². The maximum atomic E-state index is 12.4. The number of carbonyl (C=O) groups excluding carboxylic acids is 1. The third kappa shape index (κ3) is 5.69. The molecule has 2 aromatic heterocycles. The number of thioether (sulfide) groups is 1. The zero-order valence-electron chi connectivity index (χ0n) is 19.7. The Bertz CT molecular complexity index is 1050. The SMILES string of the molecule is Cc1nc(NC(=O)CSc2nnc(C(C)Oc3ccccc3C(C)C)n2C(C)C)sc1C. The van der Waals surface area contributed by atoms with Gasteiger partial charge in [0.2, 0.25) is 5.91 Å². The van der Waals surface area contributed by atoms with E-state index in [9.17, 15) is 4.79 Å². The van der Waals surface area contributed by atoms with Crippen molar-refractivity contribution in [2.24, 2.45) is 0 Å². The van der Waals surface area contributed by atoms with Crippen LogP contribution in [0.5, 0.6) is 5.75 Å². The molecule has 0 saturated heterocycles. The van der Waals surface area contributed by atoms with E-state index in [4.69, 9.17) is 4.74 Å². The fourth-order valence-electron chi connectivity index (χ4n) is 3.27. The summed E-state index contributed by atoms with van der Waals surface area (Å²) >= 11 is 2.85. The second-order valence-corrected chi connectivity index (χ2v) is 10.4. The monoisotopic (exact) mass is 473 g/mol. The number of nitrogens with one attached hydrogen (secondary N) is 1. The van der Waals surface area contributed by atoms with Gasteiger partial charge in [0.1, 0.15) is 5.75 Å². The van der Waals surface area contributed by atoms with Gasteiger partial charge in [-0.1, -0.05) is 43.8 Å². The van der Waals surface area contributed by atoms with E-state index in [1.165, 1.54) is 23.1 Å². The van der Waals surface area contributed by atoms with Crippen LogP contribution in [0.1, 0.15) is 74.6 Å². The Hall–Kier alpha value is -2.39. The van der Waals surface area contributed by atoms with Crippen molar-refractivity contribution < 1.29 is 9.53 Å². The molecule has 1 unspecified atom stereocenters. The number of anilines is 1. The smallest absolute Gasteiger partial charge is 0.236 e. The van der Waals surface area contributed by atoms with E-state index in [0.717, 1.165) is 27.7 Å². The number of amides is 1. The number of aryl methyl sites for hydroxylation is 2. The van der Waals surface area contributed by atoms with Gasteiger partial charge in [-0.05, 0) is 52.2 Å². The fraction of sp³-hybridized carbons (Fsp3) is 0.478. The standard InChI is InChI=1S/C23H31N5O2S2/c1-13(2)18-10-8-9-11-19(18)30-16(6)21-26-27-23(28(21)14(3)4)31-12-20(29)25-22-24-15(5)17(7)32-22/h8-11,13-14,16H,12H2,1-7H3,(H,24,25,29). The van der Waals surface area contributed by atoms with Crippen molar-refractivity contribution in [1.82, 2.24) is 19.7 Å². The van der Waals surface area contributed by atoms with Crippen molar-refractivity contribution in [1.29, 1.82) is 0 Å². The number of hydrogen-bond acceptors (Lipinski definition) is 7. The number of benzene rings is 1. The number of carbonyl (C=O) groups is 1. The summed E-state index contributed by atoms with van der Waals surface area (Å²) in [5.41, 5.74) is 2.10. The van der Waals surface area contributed by atoms with Gasteiger partial charge in [-0.25, -0.2) is 4.98 Å². The first-order chi connectivity index (χ1) is 15.2. The van der Waals surface area contributed by atoms with Crippen molar-refractivity contribution in [3.05, 3.63) is 46.2 Å². The van der Waals surface area contributed by atoms with Gasteiger partial charge in [-0.2, -0.15) is 0 Å². The van der Waals surface area contributed by atoms with Crippen LogP contribution < -0.4 is 10.1 Å². The molecule has 1 aromatic carbocycles. The zero-order chi connectivity index (χ0) is 23.4. The molecule has 172 valence electrons. The minimum atomic E-state index is -0.283. The Labute approximate surface area is 198 Å². The summed E-state index contributed by atoms with van der Waals surface area (Å²) in [5, 5.41) is 13.0. The molecule has 0 saturated carbocycles. The molecule has 7 nitrogen and oxygen atoms in total. The molecule has 2 heterocycles. The van der Waals surface area contributed by atoms with Gasteiger partial charge in [0, 0.05) is 10.9 Å². The summed E-state index contributed by atoms with van der Waals surface area (Å²) in [5.74, 6) is 2.08. The molecule has 3 aromatic rings. The van der Waals surface area contributed by atoms with Crippen LogP contribution in [0.15, 0.2) is 29.4 Å². The van der Waals surface area contributed by atoms with Crippen LogP contribution in [0.25, 0.3) is 0 Å². The molecule has 0 aliphatic rings. The molecule has 32 heavy (non-hydrogen) atoms. The first-order valence-corrected chi connectivity index (χ1v) is 12.5. The van der Waals surface area contributed by atoms with E-state index >= 15 is 0 Å². The largest absolute Gasteiger partial charge is 0.482 e. The van der Waals surface area contributed by atoms with Crippen molar-refractivity contribution in [3.63, 3.8) is 0 Å². The lowest BCUT2D eigenvalue weighted by molar-refractivity contribution is -0.113. The van der Waals surface area contributed by atoms with E-state index < -0.39 is 0 Å². The van der Waals surface area contributed by atoms with Gasteiger partial charge in [-0.3, -0.25) is 4.79 Å². The van der Waals surface area contributed by atoms with Gasteiger partial charge in [0.25, 0.3) is 0 Å². The van der Waals surface area contributed by atoms with Crippen LogP contribution in [0.3, 0.4) is 0 Å². The number of ether oxygens (including phenoxy) is 1. The van der Waals surface area contributed by atoms with Crippen LogP contribution in [0.4, 0.5) is 5.13 Å². The molecule has 0 fully saturated rings. The van der Waals surface area contributed by atoms with Crippen molar-refractivity contribution in [2.75, 3.05) is 11.1 Å². The molecule has 1 N–H and O–H groups in total. The number of hydrogen-bond donors (Lipinski definition) is 1. The van der Waals surface area contributed by atoms with Gasteiger partial charge in [0.15, 0.2) is 22.2 Å². The van der Waals surface area contributed by atoms with Crippen molar-refractivity contribution in [2.45, 2.75) is 71.7 Å². The van der Waals surface area contributed by atoms with E-state index in [1.54, 1.807) is 0 Å². The summed E-state index contributed by atoms with van der Waals surface area (Å²) in [6.07, 6.45) is -0.283. The molecular weight excluding hydrogens is 442 g/mol. The van der Waals surface area contributed by atoms with Crippen LogP contribution in [-0.2, 0) is 4.79 Å². The van der Waals surface area contributed by atoms with E-state index in [2.05, 4.69) is 54.3 Å². The first-order valence-electron chi connectivity index (χ1n) is 10.7. The molecule has 1 amide bonds. The molecule has 0 aliphatic carbocycles. The highest BCUT2D eigenvalue weighted by atomic mass is 32.2. The highest BCUT2D eigenvalue weighted by molar-refractivity contribution is 7.99. The van der Waals surface area contributed by atoms with Crippen molar-refractivity contribution in [3.8, 4) is 5.75 Å². The Morgan fingerprint density at radius 2 is 1.88 bits per heavy atom. The minimum absolute atomic E-state index is 0.112. The van der Waals surface area contributed by atoms with Crippen LogP contribution in [-0.4, -0.2) is 31.4 Å². The molecule has 0 spiro atoms. The third-order valence-electron chi connectivity index (χ3n) is 5.02. The predicted octanol–water partition coefficient (Wildman–Crippen LogP) is 5.93. The average molecular weight is 474 g/mol. The number of thiazole rings is 1. The predicted molar refractivity (Wildman–Crippen MR) is 131 cm³/mol. The van der Waals surface area contributed by atoms with Crippen LogP contribution in [0, 0.1) is 13.8 Å². The highest BCUT2D eigenvalue weighted by Gasteiger charge is 2.23. The Morgan fingerprint density at radius 3 is 2.50 bits per heavy atom. The molecule has 0 aliphatic heterocycles. The molecule has 0 bridgehead atoms. The molecule has 0 radical (unpaired) electrons. The Balaban J connectivity index is 1.71. The zero-order valence-corrected chi connectivity index (χ0v) is 21.3. The second kappa shape index (κ2) is 10.5. The topological polar surface area (TPSA) is 81.9 Å². The van der Waals surface area contributed by atoms with Gasteiger partial charge >= 0.3 is 0 Å². The number of para-hydroxylation sites is 1. The quantitative estimate of drug-likeness (QED) is 0.388. The number of nitrogens with zero attached hydrogens (tertiary/aromatic N) is 4. The Morgan fingerprint density at radius 1 is 1.16 bits per heavy atom. The number of aromatic nitrogens is 4. The summed E-state index contributed by atoms with van der Waals surface area (Å²) < 4.78 is 8.34. The van der Waals surface area contributed by atoms with Gasteiger partial charge < -0.3 is 14.6 Å². The van der Waals surface area contributed by atoms with E-state index in [0.29, 0.717) is 16.2 Å². The average Bonchev–Trinajstić information content (AvgIpc) is 3.29. The lowest BCUT2D eigenvalue weighted by Crippen LogP contribution is -2.17. The summed E-state index contributed by atoms with van der Waals surface area (Å²) in [7, 11) is 0. The summed E-state index contributed by atoms with van der Waals surface area (Å²) in [6, 6.07) is 8.21. The summed E-state index contributed by atoms with van der Waals surface area (Å²) in [4.78, 5) is 17.9. The highest BCUT2D eigenvalue weighted by Crippen LogP contribution is 2.32. The molecular formula is C23H31N5O2S2. The maximum absolute atomic E-state index is 12.4. The fourth-order valence-corrected chi connectivity index (χ4v) is 4.97. The van der Waals surface area contributed by atoms with Crippen molar-refractivity contribution >= 4 is 34.1 Å². The minimum Gasteiger partial charge on any atom is -0.482 e. The second-order valence-electron chi connectivity index (χ2n) is 8.25. The van der Waals surface area contributed by atoms with Crippen LogP contribution >= 0.6 is 23.1 Å². The summed E-state index contributed by atoms with van der Waals surface area (Å²) in [6.45, 7) is 14.4.